The molecule has 0 aliphatic heterocycles. The molecule has 4 fully saturated rings. The summed E-state index contributed by atoms with van der Waals surface area (Å²) in [4.78, 5) is 52.8. The van der Waals surface area contributed by atoms with Crippen molar-refractivity contribution in [3.05, 3.63) is 47.0 Å². The molecule has 4 saturated carbocycles. The molecule has 5 aliphatic carbocycles. The Kier molecular flexibility index (Phi) is 10.7. The summed E-state index contributed by atoms with van der Waals surface area (Å²) in [5.41, 5.74) is 1.31. The number of hydrogen-bond donors (Lipinski definition) is 2. The lowest BCUT2D eigenvalue weighted by molar-refractivity contribution is -0.235. The van der Waals surface area contributed by atoms with E-state index in [1.54, 1.807) is 13.8 Å². The number of ketones is 1. The van der Waals surface area contributed by atoms with Crippen LogP contribution < -0.4 is 5.32 Å². The van der Waals surface area contributed by atoms with E-state index in [1.165, 1.54) is 5.57 Å². The highest BCUT2D eigenvalue weighted by atomic mass is 16.5. The predicted molar refractivity (Wildman–Crippen MR) is 209 cm³/mol. The Bertz CT molecular complexity index is 1680. The maximum absolute atomic E-state index is 14.3. The average Bonchev–Trinajstić information content (AvgIpc) is 3.39. The van der Waals surface area contributed by atoms with E-state index < -0.39 is 28.9 Å². The fraction of sp³-hybridized carbons (Fsp3) is 0.739. The summed E-state index contributed by atoms with van der Waals surface area (Å²) < 4.78 is 12.7. The maximum Gasteiger partial charge on any atom is 0.310 e. The van der Waals surface area contributed by atoms with E-state index in [9.17, 15) is 24.3 Å². The summed E-state index contributed by atoms with van der Waals surface area (Å²) in [6, 6.07) is 9.74. The molecule has 0 heterocycles. The third-order valence-corrected chi connectivity index (χ3v) is 16.3. The van der Waals surface area contributed by atoms with Gasteiger partial charge in [0.2, 0.25) is 0 Å². The fourth-order valence-electron chi connectivity index (χ4n) is 13.4. The number of likely N-dealkylation sites (N-methyl/N-ethyl adjacent to an activating group) is 1. The minimum Gasteiger partial charge on any atom is -0.481 e. The molecule has 1 aromatic carbocycles. The number of fused-ring (bicyclic) bond motifs is 7. The number of carbonyl (C=O) groups excluding carboxylic acids is 3. The van der Waals surface area contributed by atoms with Crippen molar-refractivity contribution in [2.45, 2.75) is 145 Å². The highest BCUT2D eigenvalue weighted by molar-refractivity contribution is 6.01. The molecule has 54 heavy (non-hydrogen) atoms. The van der Waals surface area contributed by atoms with Crippen molar-refractivity contribution < 1.29 is 33.8 Å². The molecule has 5 aliphatic rings. The van der Waals surface area contributed by atoms with Crippen LogP contribution in [0.2, 0.25) is 0 Å². The van der Waals surface area contributed by atoms with Gasteiger partial charge < -0.3 is 19.9 Å². The number of esters is 2. The van der Waals surface area contributed by atoms with Crippen LogP contribution in [0.3, 0.4) is 0 Å². The summed E-state index contributed by atoms with van der Waals surface area (Å²) in [6.45, 7) is 20.1. The van der Waals surface area contributed by atoms with Crippen LogP contribution in [0.5, 0.6) is 0 Å². The van der Waals surface area contributed by atoms with Crippen LogP contribution in [-0.4, -0.2) is 54.6 Å². The third-order valence-electron chi connectivity index (χ3n) is 16.3. The second-order valence-corrected chi connectivity index (χ2v) is 20.3. The standard InChI is InChI=1S/C46H67NO7/c1-28(2)38-31(48)25-46(35(27-47-10)54-36(49)24-29-14-12-11-13-15-29)23-22-44(8)30(39(38)46)16-17-33-43(7)20-19-34(53-37(50)26-41(3,4)40(51)52)42(5,6)32(43)18-21-45(33,44)9/h11-15,28,30,32-35,47H,16-27H2,1-10H3,(H,51,52)/t30-,32+,33-,34+,35+,43+,44-,45-,46?/m1/s1. The van der Waals surface area contributed by atoms with Gasteiger partial charge in [-0.25, -0.2) is 0 Å². The Morgan fingerprint density at radius 3 is 2.20 bits per heavy atom. The summed E-state index contributed by atoms with van der Waals surface area (Å²) in [7, 11) is 1.91. The van der Waals surface area contributed by atoms with E-state index in [4.69, 9.17) is 9.47 Å². The maximum atomic E-state index is 14.3. The van der Waals surface area contributed by atoms with Gasteiger partial charge >= 0.3 is 17.9 Å². The number of benzene rings is 1. The lowest BCUT2D eigenvalue weighted by Crippen LogP contribution is -2.66. The van der Waals surface area contributed by atoms with E-state index >= 15 is 0 Å². The molecule has 1 aromatic rings. The summed E-state index contributed by atoms with van der Waals surface area (Å²) in [5, 5.41) is 13.0. The van der Waals surface area contributed by atoms with Crippen LogP contribution in [0, 0.1) is 56.2 Å². The number of rotatable bonds is 11. The zero-order valence-corrected chi connectivity index (χ0v) is 34.7. The van der Waals surface area contributed by atoms with Crippen LogP contribution >= 0.6 is 0 Å². The number of carboxylic acid groups (broad SMARTS) is 1. The number of allylic oxidation sites excluding steroid dienone is 1. The Labute approximate surface area is 324 Å². The average molecular weight is 746 g/mol. The van der Waals surface area contributed by atoms with Crippen LogP contribution in [0.4, 0.5) is 0 Å². The van der Waals surface area contributed by atoms with Crippen LogP contribution in [0.1, 0.15) is 132 Å². The van der Waals surface area contributed by atoms with Gasteiger partial charge in [-0.1, -0.05) is 78.8 Å². The molecule has 6 rings (SSSR count). The van der Waals surface area contributed by atoms with Gasteiger partial charge in [-0.15, -0.1) is 0 Å². The number of ether oxygens (including phenoxy) is 2. The van der Waals surface area contributed by atoms with Gasteiger partial charge in [-0.2, -0.15) is 0 Å². The number of aliphatic carboxylic acids is 1. The van der Waals surface area contributed by atoms with E-state index in [1.807, 2.05) is 37.4 Å². The first-order valence-corrected chi connectivity index (χ1v) is 20.8. The van der Waals surface area contributed by atoms with Crippen molar-refractivity contribution in [2.24, 2.45) is 56.2 Å². The molecular formula is C46H67NO7. The molecule has 2 N–H and O–H groups in total. The van der Waals surface area contributed by atoms with Gasteiger partial charge in [-0.05, 0) is 129 Å². The molecular weight excluding hydrogens is 679 g/mol. The van der Waals surface area contributed by atoms with Gasteiger partial charge in [0.25, 0.3) is 0 Å². The van der Waals surface area contributed by atoms with Gasteiger partial charge in [0, 0.05) is 23.8 Å². The largest absolute Gasteiger partial charge is 0.481 e. The first kappa shape index (κ1) is 40.7. The van der Waals surface area contributed by atoms with Crippen molar-refractivity contribution in [3.63, 3.8) is 0 Å². The van der Waals surface area contributed by atoms with E-state index in [-0.39, 0.29) is 64.2 Å². The fourth-order valence-corrected chi connectivity index (χ4v) is 13.4. The molecule has 0 aromatic heterocycles. The third kappa shape index (κ3) is 6.38. The number of carboxylic acids is 1. The highest BCUT2D eigenvalue weighted by Crippen LogP contribution is 2.77. The summed E-state index contributed by atoms with van der Waals surface area (Å²) in [6.07, 6.45) is 7.50. The first-order chi connectivity index (χ1) is 25.2. The van der Waals surface area contributed by atoms with Crippen molar-refractivity contribution in [3.8, 4) is 0 Å². The molecule has 0 bridgehead atoms. The lowest BCUT2D eigenvalue weighted by Gasteiger charge is -2.72. The Morgan fingerprint density at radius 1 is 0.889 bits per heavy atom. The van der Waals surface area contributed by atoms with Crippen LogP contribution in [0.25, 0.3) is 0 Å². The normalized spacial score (nSPS) is 36.4. The van der Waals surface area contributed by atoms with Crippen molar-refractivity contribution in [1.82, 2.24) is 5.32 Å². The molecule has 1 unspecified atom stereocenters. The second kappa shape index (κ2) is 14.2. The number of carbonyl (C=O) groups is 4. The van der Waals surface area contributed by atoms with Gasteiger partial charge in [0.1, 0.15) is 12.2 Å². The lowest BCUT2D eigenvalue weighted by atomic mass is 9.33. The molecule has 0 spiro atoms. The molecule has 9 atom stereocenters. The van der Waals surface area contributed by atoms with Crippen molar-refractivity contribution in [2.75, 3.05) is 13.6 Å². The summed E-state index contributed by atoms with van der Waals surface area (Å²) in [5.74, 6) is -0.295. The Balaban J connectivity index is 1.30. The molecule has 8 heteroatoms. The van der Waals surface area contributed by atoms with Gasteiger partial charge in [0.05, 0.1) is 18.3 Å². The zero-order valence-electron chi connectivity index (χ0n) is 34.7. The monoisotopic (exact) mass is 745 g/mol. The van der Waals surface area contributed by atoms with Crippen molar-refractivity contribution in [1.29, 1.82) is 0 Å². The van der Waals surface area contributed by atoms with Gasteiger partial charge in [-0.3, -0.25) is 19.2 Å². The van der Waals surface area contributed by atoms with Gasteiger partial charge in [0.15, 0.2) is 5.78 Å². The van der Waals surface area contributed by atoms with E-state index in [0.717, 1.165) is 62.5 Å². The molecule has 0 saturated heterocycles. The number of nitrogens with one attached hydrogen (secondary N) is 1. The second-order valence-electron chi connectivity index (χ2n) is 20.3. The SMILES string of the molecule is CNC[C@H](OC(=O)Cc1ccccc1)C12CC[C@]3(C)[C@H](CC[C@@H]4[C@@]5(C)CC[C@H](OC(=O)CC(C)(C)C(=O)O)C(C)(C)[C@@H]5CC[C@]43C)C1=C(C(C)C)C(=O)C2. The molecule has 0 radical (unpaired) electrons. The number of hydrogen-bond acceptors (Lipinski definition) is 7. The van der Waals surface area contributed by atoms with Crippen molar-refractivity contribution >= 4 is 23.7 Å². The zero-order chi connectivity index (χ0) is 39.6. The predicted octanol–water partition coefficient (Wildman–Crippen LogP) is 8.75. The Hall–Kier alpha value is -3.00. The van der Waals surface area contributed by atoms with E-state index in [0.29, 0.717) is 24.8 Å². The highest BCUT2D eigenvalue weighted by Gasteiger charge is 2.71. The topological polar surface area (TPSA) is 119 Å². The quantitative estimate of drug-likeness (QED) is 0.216. The van der Waals surface area contributed by atoms with Crippen LogP contribution in [-0.2, 0) is 35.1 Å². The molecule has 8 nitrogen and oxygen atoms in total. The molecule has 298 valence electrons. The smallest absolute Gasteiger partial charge is 0.310 e. The number of Topliss-reactive ketones (excluding diaryl/α,β-unsaturated/α-hetero) is 1. The Morgan fingerprint density at radius 2 is 1.57 bits per heavy atom. The first-order valence-electron chi connectivity index (χ1n) is 20.8. The van der Waals surface area contributed by atoms with Crippen LogP contribution in [0.15, 0.2) is 41.5 Å². The minimum atomic E-state index is -1.17. The minimum absolute atomic E-state index is 0.0294. The van der Waals surface area contributed by atoms with E-state index in [2.05, 4.69) is 53.8 Å². The summed E-state index contributed by atoms with van der Waals surface area (Å²) >= 11 is 0. The molecule has 0 amide bonds.